The van der Waals surface area contributed by atoms with Gasteiger partial charge in [-0.05, 0) is 34.1 Å². The first-order valence-corrected chi connectivity index (χ1v) is 7.03. The molecule has 1 unspecified atom stereocenters. The Morgan fingerprint density at radius 2 is 2.25 bits per heavy atom. The monoisotopic (exact) mass is 281 g/mol. The first-order chi connectivity index (χ1) is 9.31. The summed E-state index contributed by atoms with van der Waals surface area (Å²) in [6.07, 6.45) is 0.395. The molecule has 0 aliphatic carbocycles. The standard InChI is InChI=1S/C14H23N3O3/c1-6-10-11(16-17-7-8-19-12(10)17)9(2)15-13(18)20-14(3,4)5/h9H,6-8H2,1-5H3,(H,15,18). The van der Waals surface area contributed by atoms with Crippen LogP contribution in [0.2, 0.25) is 0 Å². The lowest BCUT2D eigenvalue weighted by Gasteiger charge is -2.21. The topological polar surface area (TPSA) is 65.4 Å². The molecule has 6 heteroatoms. The fraction of sp³-hybridized carbons (Fsp3) is 0.714. The van der Waals surface area contributed by atoms with Gasteiger partial charge in [0.2, 0.25) is 5.88 Å². The van der Waals surface area contributed by atoms with Gasteiger partial charge in [-0.15, -0.1) is 0 Å². The molecule has 1 aliphatic rings. The number of nitrogens with one attached hydrogen (secondary N) is 1. The highest BCUT2D eigenvalue weighted by Gasteiger charge is 2.27. The molecule has 1 N–H and O–H groups in total. The van der Waals surface area contributed by atoms with E-state index in [1.54, 1.807) is 0 Å². The highest BCUT2D eigenvalue weighted by atomic mass is 16.6. The van der Waals surface area contributed by atoms with E-state index in [-0.39, 0.29) is 6.04 Å². The minimum atomic E-state index is -0.504. The summed E-state index contributed by atoms with van der Waals surface area (Å²) in [4.78, 5) is 11.8. The van der Waals surface area contributed by atoms with Gasteiger partial charge in [0.15, 0.2) is 0 Å². The molecule has 20 heavy (non-hydrogen) atoms. The van der Waals surface area contributed by atoms with Gasteiger partial charge in [0, 0.05) is 5.56 Å². The molecule has 1 atom stereocenters. The summed E-state index contributed by atoms with van der Waals surface area (Å²) in [6, 6.07) is -0.207. The summed E-state index contributed by atoms with van der Waals surface area (Å²) < 4.78 is 12.7. The molecule has 1 aliphatic heterocycles. The number of aromatic nitrogens is 2. The summed E-state index contributed by atoms with van der Waals surface area (Å²) >= 11 is 0. The summed E-state index contributed by atoms with van der Waals surface area (Å²) in [5, 5.41) is 7.36. The van der Waals surface area contributed by atoms with E-state index in [1.165, 1.54) is 0 Å². The first-order valence-electron chi connectivity index (χ1n) is 7.03. The maximum Gasteiger partial charge on any atom is 0.408 e. The zero-order valence-corrected chi connectivity index (χ0v) is 12.8. The highest BCUT2D eigenvalue weighted by molar-refractivity contribution is 5.68. The molecule has 0 radical (unpaired) electrons. The maximum absolute atomic E-state index is 11.8. The summed E-state index contributed by atoms with van der Waals surface area (Å²) in [5.41, 5.74) is 1.41. The quantitative estimate of drug-likeness (QED) is 0.924. The van der Waals surface area contributed by atoms with Crippen LogP contribution in [0.25, 0.3) is 0 Å². The van der Waals surface area contributed by atoms with Crippen molar-refractivity contribution < 1.29 is 14.3 Å². The van der Waals surface area contributed by atoms with Gasteiger partial charge in [-0.1, -0.05) is 6.92 Å². The summed E-state index contributed by atoms with van der Waals surface area (Å²) in [7, 11) is 0. The van der Waals surface area contributed by atoms with Crippen LogP contribution in [-0.4, -0.2) is 28.1 Å². The molecular weight excluding hydrogens is 258 g/mol. The van der Waals surface area contributed by atoms with E-state index in [0.717, 1.165) is 30.1 Å². The van der Waals surface area contributed by atoms with Crippen molar-refractivity contribution in [3.05, 3.63) is 11.3 Å². The second kappa shape index (κ2) is 5.34. The molecule has 0 aromatic carbocycles. The van der Waals surface area contributed by atoms with Crippen LogP contribution in [-0.2, 0) is 17.7 Å². The van der Waals surface area contributed by atoms with E-state index in [9.17, 15) is 4.79 Å². The van der Waals surface area contributed by atoms with Crippen LogP contribution >= 0.6 is 0 Å². The molecule has 0 saturated carbocycles. The van der Waals surface area contributed by atoms with E-state index in [2.05, 4.69) is 17.3 Å². The molecule has 1 aromatic heterocycles. The average Bonchev–Trinajstić information content (AvgIpc) is 2.84. The highest BCUT2D eigenvalue weighted by Crippen LogP contribution is 2.30. The summed E-state index contributed by atoms with van der Waals surface area (Å²) in [6.45, 7) is 10.9. The zero-order valence-electron chi connectivity index (χ0n) is 12.8. The second-order valence-corrected chi connectivity index (χ2v) is 5.96. The number of rotatable bonds is 3. The minimum Gasteiger partial charge on any atom is -0.476 e. The predicted octanol–water partition coefficient (Wildman–Crippen LogP) is 2.42. The molecule has 6 nitrogen and oxygen atoms in total. The number of nitrogens with zero attached hydrogens (tertiary/aromatic N) is 2. The number of carbonyl (C=O) groups excluding carboxylic acids is 1. The molecule has 2 heterocycles. The molecule has 1 amide bonds. The third-order valence-electron chi connectivity index (χ3n) is 3.07. The number of hydrogen-bond donors (Lipinski definition) is 1. The Bertz CT molecular complexity index is 502. The predicted molar refractivity (Wildman–Crippen MR) is 74.9 cm³/mol. The lowest BCUT2D eigenvalue weighted by atomic mass is 10.1. The normalized spacial score (nSPS) is 15.4. The Morgan fingerprint density at radius 1 is 1.55 bits per heavy atom. The van der Waals surface area contributed by atoms with Crippen molar-refractivity contribution in [2.24, 2.45) is 0 Å². The van der Waals surface area contributed by atoms with Crippen molar-refractivity contribution in [2.75, 3.05) is 6.61 Å². The van der Waals surface area contributed by atoms with E-state index >= 15 is 0 Å². The Morgan fingerprint density at radius 3 is 2.85 bits per heavy atom. The van der Waals surface area contributed by atoms with E-state index < -0.39 is 11.7 Å². The van der Waals surface area contributed by atoms with Crippen LogP contribution in [0.5, 0.6) is 5.88 Å². The van der Waals surface area contributed by atoms with Gasteiger partial charge < -0.3 is 14.8 Å². The van der Waals surface area contributed by atoms with Crippen molar-refractivity contribution in [1.29, 1.82) is 0 Å². The fourth-order valence-corrected chi connectivity index (χ4v) is 2.28. The number of alkyl carbamates (subject to hydrolysis) is 1. The number of amides is 1. The van der Waals surface area contributed by atoms with Crippen LogP contribution < -0.4 is 10.1 Å². The van der Waals surface area contributed by atoms with Crippen molar-refractivity contribution in [2.45, 2.75) is 59.2 Å². The van der Waals surface area contributed by atoms with E-state index in [0.29, 0.717) is 6.61 Å². The maximum atomic E-state index is 11.8. The molecular formula is C14H23N3O3. The minimum absolute atomic E-state index is 0.207. The molecule has 0 bridgehead atoms. The van der Waals surface area contributed by atoms with E-state index in [1.807, 2.05) is 32.4 Å². The van der Waals surface area contributed by atoms with Crippen molar-refractivity contribution >= 4 is 6.09 Å². The number of ether oxygens (including phenoxy) is 2. The van der Waals surface area contributed by atoms with Crippen molar-refractivity contribution in [1.82, 2.24) is 15.1 Å². The molecule has 2 rings (SSSR count). The number of hydrogen-bond acceptors (Lipinski definition) is 4. The van der Waals surface area contributed by atoms with Gasteiger partial charge in [0.25, 0.3) is 0 Å². The molecule has 112 valence electrons. The Kier molecular flexibility index (Phi) is 3.92. The van der Waals surface area contributed by atoms with Crippen LogP contribution in [0.15, 0.2) is 0 Å². The smallest absolute Gasteiger partial charge is 0.408 e. The van der Waals surface area contributed by atoms with Gasteiger partial charge in [-0.3, -0.25) is 0 Å². The van der Waals surface area contributed by atoms with Crippen LogP contribution in [0.4, 0.5) is 4.79 Å². The average molecular weight is 281 g/mol. The molecule has 0 fully saturated rings. The van der Waals surface area contributed by atoms with Crippen LogP contribution in [0.1, 0.15) is 51.9 Å². The third-order valence-corrected chi connectivity index (χ3v) is 3.07. The van der Waals surface area contributed by atoms with Gasteiger partial charge in [0.05, 0.1) is 18.3 Å². The summed E-state index contributed by atoms with van der Waals surface area (Å²) in [5.74, 6) is 0.834. The Balaban J connectivity index is 2.10. The van der Waals surface area contributed by atoms with Crippen LogP contribution in [0, 0.1) is 0 Å². The van der Waals surface area contributed by atoms with Crippen molar-refractivity contribution in [3.8, 4) is 5.88 Å². The number of carbonyl (C=O) groups is 1. The van der Waals surface area contributed by atoms with Crippen LogP contribution in [0.3, 0.4) is 0 Å². The van der Waals surface area contributed by atoms with Gasteiger partial charge in [-0.25, -0.2) is 9.48 Å². The third kappa shape index (κ3) is 3.05. The first kappa shape index (κ1) is 14.7. The Labute approximate surface area is 119 Å². The zero-order chi connectivity index (χ0) is 14.9. The van der Waals surface area contributed by atoms with Crippen molar-refractivity contribution in [3.63, 3.8) is 0 Å². The second-order valence-electron chi connectivity index (χ2n) is 5.96. The molecule has 0 saturated heterocycles. The lowest BCUT2D eigenvalue weighted by Crippen LogP contribution is -2.34. The molecule has 1 aromatic rings. The SMILES string of the molecule is CCc1c(C(C)NC(=O)OC(C)(C)C)nn2c1OCC2. The van der Waals surface area contributed by atoms with Gasteiger partial charge in [-0.2, -0.15) is 5.10 Å². The number of fused-ring (bicyclic) bond motifs is 1. The van der Waals surface area contributed by atoms with Gasteiger partial charge in [0.1, 0.15) is 12.2 Å². The largest absolute Gasteiger partial charge is 0.476 e. The lowest BCUT2D eigenvalue weighted by molar-refractivity contribution is 0.0506. The van der Waals surface area contributed by atoms with Gasteiger partial charge >= 0.3 is 6.09 Å². The molecule has 0 spiro atoms. The van der Waals surface area contributed by atoms with E-state index in [4.69, 9.17) is 9.47 Å². The fourth-order valence-electron chi connectivity index (χ4n) is 2.28. The Hall–Kier alpha value is -1.72.